The Kier molecular flexibility index (Phi) is 6.41. The SMILES string of the molecule is COc1ccc([C@H](NC(=O)C[C@H](NC(N)=O)c2ccccc2Cl)C2CC2)cc1. The van der Waals surface area contributed by atoms with Gasteiger partial charge in [-0.15, -0.1) is 0 Å². The summed E-state index contributed by atoms with van der Waals surface area (Å²) in [6, 6.07) is 13.4. The molecule has 6 nitrogen and oxygen atoms in total. The van der Waals surface area contributed by atoms with Gasteiger partial charge in [0.05, 0.1) is 25.6 Å². The van der Waals surface area contributed by atoms with Crippen LogP contribution in [0.5, 0.6) is 5.75 Å². The number of benzene rings is 2. The molecule has 0 bridgehead atoms. The summed E-state index contributed by atoms with van der Waals surface area (Å²) in [5.41, 5.74) is 6.99. The van der Waals surface area contributed by atoms with Gasteiger partial charge in [0.1, 0.15) is 5.75 Å². The largest absolute Gasteiger partial charge is 0.497 e. The molecule has 0 spiro atoms. The average Bonchev–Trinajstić information content (AvgIpc) is 3.51. The molecule has 3 rings (SSSR count). The Balaban J connectivity index is 1.73. The lowest BCUT2D eigenvalue weighted by molar-refractivity contribution is -0.122. The van der Waals surface area contributed by atoms with Crippen molar-refractivity contribution in [1.29, 1.82) is 0 Å². The lowest BCUT2D eigenvalue weighted by Crippen LogP contribution is -2.38. The summed E-state index contributed by atoms with van der Waals surface area (Å²) in [5.74, 6) is 1.01. The number of hydrogen-bond donors (Lipinski definition) is 3. The number of carbonyl (C=O) groups is 2. The van der Waals surface area contributed by atoms with Crippen LogP contribution < -0.4 is 21.1 Å². The number of rotatable bonds is 8. The molecule has 0 aromatic heterocycles. The normalized spacial score (nSPS) is 15.4. The van der Waals surface area contributed by atoms with Gasteiger partial charge in [-0.3, -0.25) is 4.79 Å². The molecule has 1 fully saturated rings. The molecule has 0 aliphatic heterocycles. The monoisotopic (exact) mass is 401 g/mol. The van der Waals surface area contributed by atoms with Crippen molar-refractivity contribution in [2.45, 2.75) is 31.3 Å². The lowest BCUT2D eigenvalue weighted by Gasteiger charge is -2.23. The Morgan fingerprint density at radius 2 is 1.82 bits per heavy atom. The van der Waals surface area contributed by atoms with E-state index < -0.39 is 12.1 Å². The Morgan fingerprint density at radius 3 is 2.39 bits per heavy atom. The van der Waals surface area contributed by atoms with Crippen LogP contribution in [0, 0.1) is 5.92 Å². The predicted octanol–water partition coefficient (Wildman–Crippen LogP) is 3.72. The van der Waals surface area contributed by atoms with Crippen LogP contribution >= 0.6 is 11.6 Å². The molecular weight excluding hydrogens is 378 g/mol. The molecule has 0 unspecified atom stereocenters. The van der Waals surface area contributed by atoms with Crippen LogP contribution in [0.4, 0.5) is 4.79 Å². The molecule has 2 aromatic carbocycles. The van der Waals surface area contributed by atoms with Gasteiger partial charge in [0.25, 0.3) is 0 Å². The third-order valence-electron chi connectivity index (χ3n) is 4.87. The fourth-order valence-electron chi connectivity index (χ4n) is 3.30. The van der Waals surface area contributed by atoms with Crippen LogP contribution in [0.25, 0.3) is 0 Å². The van der Waals surface area contributed by atoms with E-state index in [0.717, 1.165) is 24.2 Å². The highest BCUT2D eigenvalue weighted by Gasteiger charge is 2.34. The van der Waals surface area contributed by atoms with E-state index in [9.17, 15) is 9.59 Å². The average molecular weight is 402 g/mol. The molecule has 7 heteroatoms. The van der Waals surface area contributed by atoms with Crippen molar-refractivity contribution < 1.29 is 14.3 Å². The maximum Gasteiger partial charge on any atom is 0.312 e. The van der Waals surface area contributed by atoms with E-state index in [4.69, 9.17) is 22.1 Å². The maximum atomic E-state index is 12.8. The molecular formula is C21H24ClN3O3. The minimum atomic E-state index is -0.702. The molecule has 3 amide bonds. The zero-order valence-corrected chi connectivity index (χ0v) is 16.4. The van der Waals surface area contributed by atoms with E-state index >= 15 is 0 Å². The van der Waals surface area contributed by atoms with Crippen molar-refractivity contribution in [3.63, 3.8) is 0 Å². The summed E-state index contributed by atoms with van der Waals surface area (Å²) in [6.45, 7) is 0. The van der Waals surface area contributed by atoms with E-state index in [2.05, 4.69) is 10.6 Å². The quantitative estimate of drug-likeness (QED) is 0.629. The molecule has 1 aliphatic rings. The number of methoxy groups -OCH3 is 1. The van der Waals surface area contributed by atoms with Crippen molar-refractivity contribution in [2.75, 3.05) is 7.11 Å². The van der Waals surface area contributed by atoms with Gasteiger partial charge in [0.15, 0.2) is 0 Å². The smallest absolute Gasteiger partial charge is 0.312 e. The number of ether oxygens (including phenoxy) is 1. The van der Waals surface area contributed by atoms with E-state index in [1.54, 1.807) is 31.4 Å². The van der Waals surface area contributed by atoms with E-state index in [1.165, 1.54) is 0 Å². The van der Waals surface area contributed by atoms with Gasteiger partial charge in [-0.05, 0) is 48.1 Å². The zero-order chi connectivity index (χ0) is 20.1. The Hall–Kier alpha value is -2.73. The van der Waals surface area contributed by atoms with Crippen molar-refractivity contribution in [3.8, 4) is 5.75 Å². The van der Waals surface area contributed by atoms with E-state index in [-0.39, 0.29) is 18.4 Å². The third-order valence-corrected chi connectivity index (χ3v) is 5.22. The maximum absolute atomic E-state index is 12.8. The molecule has 0 heterocycles. The Morgan fingerprint density at radius 1 is 1.14 bits per heavy atom. The fourth-order valence-corrected chi connectivity index (χ4v) is 3.57. The summed E-state index contributed by atoms with van der Waals surface area (Å²) >= 11 is 6.24. The molecule has 0 saturated heterocycles. The van der Waals surface area contributed by atoms with Crippen molar-refractivity contribution in [2.24, 2.45) is 11.7 Å². The number of hydrogen-bond acceptors (Lipinski definition) is 3. The van der Waals surface area contributed by atoms with Gasteiger partial charge in [-0.2, -0.15) is 0 Å². The van der Waals surface area contributed by atoms with E-state index in [0.29, 0.717) is 16.5 Å². The summed E-state index contributed by atoms with van der Waals surface area (Å²) in [5, 5.41) is 6.20. The Labute approximate surface area is 169 Å². The summed E-state index contributed by atoms with van der Waals surface area (Å²) < 4.78 is 5.20. The highest BCUT2D eigenvalue weighted by atomic mass is 35.5. The van der Waals surface area contributed by atoms with Crippen LogP contribution in [-0.4, -0.2) is 19.0 Å². The number of nitrogens with two attached hydrogens (primary N) is 1. The van der Waals surface area contributed by atoms with Crippen molar-refractivity contribution in [1.82, 2.24) is 10.6 Å². The topological polar surface area (TPSA) is 93.4 Å². The van der Waals surface area contributed by atoms with Gasteiger partial charge in [-0.1, -0.05) is 41.9 Å². The summed E-state index contributed by atoms with van der Waals surface area (Å²) in [4.78, 5) is 24.2. The molecule has 1 aliphatic carbocycles. The number of amides is 3. The fraction of sp³-hybridized carbons (Fsp3) is 0.333. The van der Waals surface area contributed by atoms with Crippen LogP contribution in [0.1, 0.15) is 42.5 Å². The molecule has 1 saturated carbocycles. The van der Waals surface area contributed by atoms with Crippen LogP contribution in [0.2, 0.25) is 5.02 Å². The first-order valence-corrected chi connectivity index (χ1v) is 9.59. The number of halogens is 1. The van der Waals surface area contributed by atoms with Gasteiger partial charge in [-0.25, -0.2) is 4.79 Å². The van der Waals surface area contributed by atoms with Gasteiger partial charge >= 0.3 is 6.03 Å². The zero-order valence-electron chi connectivity index (χ0n) is 15.7. The number of carbonyl (C=O) groups excluding carboxylic acids is 2. The highest BCUT2D eigenvalue weighted by molar-refractivity contribution is 6.31. The first-order chi connectivity index (χ1) is 13.5. The lowest BCUT2D eigenvalue weighted by atomic mass is 10.00. The van der Waals surface area contributed by atoms with Gasteiger partial charge in [0.2, 0.25) is 5.91 Å². The third kappa shape index (κ3) is 5.16. The molecule has 148 valence electrons. The number of urea groups is 1. The number of nitrogens with one attached hydrogen (secondary N) is 2. The van der Waals surface area contributed by atoms with Gasteiger partial charge < -0.3 is 21.1 Å². The van der Waals surface area contributed by atoms with Crippen LogP contribution in [0.3, 0.4) is 0 Å². The van der Waals surface area contributed by atoms with Crippen LogP contribution in [-0.2, 0) is 4.79 Å². The van der Waals surface area contributed by atoms with E-state index in [1.807, 2.05) is 24.3 Å². The first kappa shape index (κ1) is 20.0. The second-order valence-electron chi connectivity index (χ2n) is 6.94. The molecule has 4 N–H and O–H groups in total. The Bertz CT molecular complexity index is 837. The summed E-state index contributed by atoms with van der Waals surface area (Å²) in [6.07, 6.45) is 2.20. The molecule has 28 heavy (non-hydrogen) atoms. The predicted molar refractivity (Wildman–Crippen MR) is 108 cm³/mol. The standard InChI is InChI=1S/C21H24ClN3O3/c1-28-15-10-8-14(9-11-15)20(13-6-7-13)25-19(26)12-18(24-21(23)27)16-4-2-3-5-17(16)22/h2-5,8-11,13,18,20H,6-7,12H2,1H3,(H,25,26)(H3,23,24,27)/t18-,20+/m0/s1. The van der Waals surface area contributed by atoms with Crippen molar-refractivity contribution in [3.05, 3.63) is 64.7 Å². The molecule has 2 aromatic rings. The highest BCUT2D eigenvalue weighted by Crippen LogP contribution is 2.41. The van der Waals surface area contributed by atoms with Gasteiger partial charge in [0, 0.05) is 5.02 Å². The second kappa shape index (κ2) is 8.97. The summed E-state index contributed by atoms with van der Waals surface area (Å²) in [7, 11) is 1.62. The molecule has 0 radical (unpaired) electrons. The minimum absolute atomic E-state index is 0.0477. The van der Waals surface area contributed by atoms with Crippen LogP contribution in [0.15, 0.2) is 48.5 Å². The number of primary amides is 1. The van der Waals surface area contributed by atoms with Crippen molar-refractivity contribution >= 4 is 23.5 Å². The molecule has 2 atom stereocenters. The second-order valence-corrected chi connectivity index (χ2v) is 7.35. The first-order valence-electron chi connectivity index (χ1n) is 9.21. The minimum Gasteiger partial charge on any atom is -0.497 e.